The van der Waals surface area contributed by atoms with Gasteiger partial charge in [-0.3, -0.25) is 14.6 Å². The minimum atomic E-state index is -0.274. The van der Waals surface area contributed by atoms with Crippen LogP contribution in [0, 0.1) is 0 Å². The summed E-state index contributed by atoms with van der Waals surface area (Å²) in [6, 6.07) is 3.49. The van der Waals surface area contributed by atoms with Crippen LogP contribution in [0.15, 0.2) is 18.3 Å². The first kappa shape index (κ1) is 14.9. The molecule has 6 nitrogen and oxygen atoms in total. The van der Waals surface area contributed by atoms with Gasteiger partial charge < -0.3 is 16.0 Å². The smallest absolute Gasteiger partial charge is 0.269 e. The Morgan fingerprint density at radius 2 is 2.00 bits per heavy atom. The Hall–Kier alpha value is -2.11. The van der Waals surface area contributed by atoms with Crippen molar-refractivity contribution in [2.24, 2.45) is 0 Å². The topological polar surface area (TPSA) is 83.1 Å². The fourth-order valence-electron chi connectivity index (χ4n) is 1.53. The second kappa shape index (κ2) is 8.07. The maximum Gasteiger partial charge on any atom is 0.269 e. The number of hydrogen-bond acceptors (Lipinski definition) is 4. The molecule has 1 heterocycles. The Kier molecular flexibility index (Phi) is 6.35. The number of carbonyl (C=O) groups is 2. The van der Waals surface area contributed by atoms with E-state index in [-0.39, 0.29) is 18.2 Å². The van der Waals surface area contributed by atoms with E-state index in [0.29, 0.717) is 18.8 Å². The van der Waals surface area contributed by atoms with E-state index in [1.165, 1.54) is 0 Å². The lowest BCUT2D eigenvalue weighted by molar-refractivity contribution is -0.120. The van der Waals surface area contributed by atoms with Gasteiger partial charge in [0, 0.05) is 37.9 Å². The van der Waals surface area contributed by atoms with Crippen molar-refractivity contribution in [3.63, 3.8) is 0 Å². The monoisotopic (exact) mass is 264 g/mol. The summed E-state index contributed by atoms with van der Waals surface area (Å²) in [5.41, 5.74) is 1.20. The lowest BCUT2D eigenvalue weighted by Gasteiger charge is -2.07. The number of nitrogens with zero attached hydrogens (tertiary/aromatic N) is 1. The molecule has 0 aliphatic rings. The zero-order chi connectivity index (χ0) is 14.1. The van der Waals surface area contributed by atoms with Gasteiger partial charge in [0.15, 0.2) is 0 Å². The summed E-state index contributed by atoms with van der Waals surface area (Å²) in [5.74, 6) is -0.346. The van der Waals surface area contributed by atoms with Crippen molar-refractivity contribution in [3.05, 3.63) is 24.0 Å². The lowest BCUT2D eigenvalue weighted by Crippen LogP contribution is -2.31. The molecule has 0 aliphatic heterocycles. The van der Waals surface area contributed by atoms with Crippen molar-refractivity contribution in [1.82, 2.24) is 15.6 Å². The Bertz CT molecular complexity index is 434. The van der Waals surface area contributed by atoms with Gasteiger partial charge >= 0.3 is 0 Å². The summed E-state index contributed by atoms with van der Waals surface area (Å²) in [6.07, 6.45) is 1.85. The highest BCUT2D eigenvalue weighted by atomic mass is 16.2. The molecule has 2 amide bonds. The Morgan fingerprint density at radius 1 is 1.21 bits per heavy atom. The second-order valence-electron chi connectivity index (χ2n) is 3.92. The number of amides is 2. The molecule has 0 bridgehead atoms. The van der Waals surface area contributed by atoms with E-state index in [0.717, 1.165) is 12.2 Å². The molecule has 0 unspecified atom stereocenters. The summed E-state index contributed by atoms with van der Waals surface area (Å²) in [4.78, 5) is 27.0. The van der Waals surface area contributed by atoms with Crippen LogP contribution in [0.5, 0.6) is 0 Å². The van der Waals surface area contributed by atoms with E-state index in [1.54, 1.807) is 18.3 Å². The molecule has 0 saturated heterocycles. The molecule has 0 atom stereocenters. The van der Waals surface area contributed by atoms with Gasteiger partial charge in [-0.15, -0.1) is 0 Å². The van der Waals surface area contributed by atoms with Crippen molar-refractivity contribution in [2.45, 2.75) is 20.3 Å². The van der Waals surface area contributed by atoms with Crippen LogP contribution in [0.4, 0.5) is 5.69 Å². The van der Waals surface area contributed by atoms with Gasteiger partial charge in [-0.05, 0) is 26.0 Å². The van der Waals surface area contributed by atoms with Crippen LogP contribution in [0.1, 0.15) is 30.8 Å². The van der Waals surface area contributed by atoms with Gasteiger partial charge in [0.05, 0.1) is 0 Å². The zero-order valence-electron chi connectivity index (χ0n) is 11.3. The predicted octanol–water partition coefficient (Wildman–Crippen LogP) is 0.769. The van der Waals surface area contributed by atoms with E-state index in [2.05, 4.69) is 20.9 Å². The highest BCUT2D eigenvalue weighted by molar-refractivity contribution is 5.93. The Balaban J connectivity index is 2.44. The molecule has 0 aliphatic carbocycles. The maximum atomic E-state index is 11.8. The summed E-state index contributed by atoms with van der Waals surface area (Å²) in [7, 11) is 0. The largest absolute Gasteiger partial charge is 0.385 e. The summed E-state index contributed by atoms with van der Waals surface area (Å²) in [6.45, 7) is 5.51. The highest BCUT2D eigenvalue weighted by Crippen LogP contribution is 2.07. The van der Waals surface area contributed by atoms with Crippen LogP contribution in [-0.2, 0) is 4.79 Å². The van der Waals surface area contributed by atoms with Crippen molar-refractivity contribution in [3.8, 4) is 0 Å². The summed E-state index contributed by atoms with van der Waals surface area (Å²) in [5, 5.41) is 8.45. The van der Waals surface area contributed by atoms with E-state index >= 15 is 0 Å². The van der Waals surface area contributed by atoms with Crippen LogP contribution in [-0.4, -0.2) is 36.4 Å². The van der Waals surface area contributed by atoms with E-state index < -0.39 is 0 Å². The molecule has 0 saturated carbocycles. The zero-order valence-corrected chi connectivity index (χ0v) is 11.3. The van der Waals surface area contributed by atoms with Crippen LogP contribution < -0.4 is 16.0 Å². The molecular formula is C13H20N4O2. The lowest BCUT2D eigenvalue weighted by atomic mass is 10.3. The molecule has 3 N–H and O–H groups in total. The van der Waals surface area contributed by atoms with Gasteiger partial charge in [0.2, 0.25) is 5.91 Å². The van der Waals surface area contributed by atoms with Crippen molar-refractivity contribution >= 4 is 17.5 Å². The third kappa shape index (κ3) is 5.37. The van der Waals surface area contributed by atoms with Crippen LogP contribution in [0.2, 0.25) is 0 Å². The van der Waals surface area contributed by atoms with Crippen molar-refractivity contribution in [2.75, 3.05) is 25.0 Å². The third-order valence-corrected chi connectivity index (χ3v) is 2.39. The summed E-state index contributed by atoms with van der Waals surface area (Å²) >= 11 is 0. The van der Waals surface area contributed by atoms with E-state index in [9.17, 15) is 9.59 Å². The predicted molar refractivity (Wildman–Crippen MR) is 74.0 cm³/mol. The first-order valence-corrected chi connectivity index (χ1v) is 6.42. The number of nitrogens with one attached hydrogen (secondary N) is 3. The minimum Gasteiger partial charge on any atom is -0.385 e. The average Bonchev–Trinajstić information content (AvgIpc) is 2.39. The van der Waals surface area contributed by atoms with Gasteiger partial charge in [0.25, 0.3) is 5.91 Å². The Labute approximate surface area is 113 Å². The fraction of sp³-hybridized carbons (Fsp3) is 0.462. The molecule has 6 heteroatoms. The number of aromatic nitrogens is 1. The van der Waals surface area contributed by atoms with Crippen molar-refractivity contribution < 1.29 is 9.59 Å². The maximum absolute atomic E-state index is 11.8. The average molecular weight is 264 g/mol. The van der Waals surface area contributed by atoms with E-state index in [4.69, 9.17) is 0 Å². The fourth-order valence-corrected chi connectivity index (χ4v) is 1.53. The van der Waals surface area contributed by atoms with Gasteiger partial charge in [-0.1, -0.05) is 0 Å². The molecule has 0 aromatic carbocycles. The van der Waals surface area contributed by atoms with Gasteiger partial charge in [0.1, 0.15) is 5.69 Å². The Morgan fingerprint density at radius 3 is 2.68 bits per heavy atom. The number of rotatable bonds is 7. The molecule has 0 spiro atoms. The highest BCUT2D eigenvalue weighted by Gasteiger charge is 2.08. The first-order chi connectivity index (χ1) is 9.17. The molecule has 1 aromatic heterocycles. The first-order valence-electron chi connectivity index (χ1n) is 6.42. The molecule has 1 aromatic rings. The van der Waals surface area contributed by atoms with E-state index in [1.807, 2.05) is 13.8 Å². The number of anilines is 1. The molecular weight excluding hydrogens is 244 g/mol. The molecule has 0 fully saturated rings. The number of hydrogen-bond donors (Lipinski definition) is 3. The van der Waals surface area contributed by atoms with Crippen molar-refractivity contribution in [1.29, 1.82) is 0 Å². The standard InChI is InChI=1S/C13H20N4O2/c1-3-14-10-5-7-16-11(9-10)13(19)17-8-6-12(18)15-4-2/h5,7,9H,3-4,6,8H2,1-2H3,(H,14,16)(H,15,18)(H,17,19). The van der Waals surface area contributed by atoms with Crippen LogP contribution in [0.25, 0.3) is 0 Å². The minimum absolute atomic E-state index is 0.0721. The van der Waals surface area contributed by atoms with Crippen LogP contribution in [0.3, 0.4) is 0 Å². The quantitative estimate of drug-likeness (QED) is 0.679. The number of carbonyl (C=O) groups excluding carboxylic acids is 2. The normalized spacial score (nSPS) is 9.79. The molecule has 104 valence electrons. The van der Waals surface area contributed by atoms with Crippen LogP contribution >= 0.6 is 0 Å². The van der Waals surface area contributed by atoms with Gasteiger partial charge in [-0.2, -0.15) is 0 Å². The molecule has 19 heavy (non-hydrogen) atoms. The number of pyridine rings is 1. The second-order valence-corrected chi connectivity index (χ2v) is 3.92. The van der Waals surface area contributed by atoms with Gasteiger partial charge in [-0.25, -0.2) is 0 Å². The molecule has 0 radical (unpaired) electrons. The third-order valence-electron chi connectivity index (χ3n) is 2.39. The SMILES string of the molecule is CCNC(=O)CCNC(=O)c1cc(NCC)ccn1. The molecule has 1 rings (SSSR count). The summed E-state index contributed by atoms with van der Waals surface area (Å²) < 4.78 is 0.